The molecule has 0 aromatic rings. The predicted molar refractivity (Wildman–Crippen MR) is 54.8 cm³/mol. The van der Waals surface area contributed by atoms with Gasteiger partial charge in [-0.1, -0.05) is 38.7 Å². The number of allylic oxidation sites excluding steroid dienone is 1. The third-order valence-electron chi connectivity index (χ3n) is 1.82. The molecule has 0 aliphatic carbocycles. The van der Waals surface area contributed by atoms with Gasteiger partial charge in [-0.2, -0.15) is 0 Å². The Morgan fingerprint density at radius 1 is 1.15 bits per heavy atom. The first-order valence-electron chi connectivity index (χ1n) is 5.10. The Kier molecular flexibility index (Phi) is 10.8. The highest BCUT2D eigenvalue weighted by atomic mass is 16.5. The van der Waals surface area contributed by atoms with Gasteiger partial charge in [-0.05, 0) is 12.5 Å². The van der Waals surface area contributed by atoms with Crippen LogP contribution in [0.1, 0.15) is 39.0 Å². The quantitative estimate of drug-likeness (QED) is 0.313. The summed E-state index contributed by atoms with van der Waals surface area (Å²) in [7, 11) is 0. The third-order valence-corrected chi connectivity index (χ3v) is 1.82. The smallest absolute Gasteiger partial charge is 0.142 e. The Morgan fingerprint density at radius 3 is 2.62 bits per heavy atom. The van der Waals surface area contributed by atoms with Crippen molar-refractivity contribution in [2.75, 3.05) is 13.2 Å². The zero-order chi connectivity index (χ0) is 9.78. The van der Waals surface area contributed by atoms with E-state index >= 15 is 0 Å². The number of unbranched alkanes of at least 4 members (excludes halogenated alkanes) is 4. The van der Waals surface area contributed by atoms with Gasteiger partial charge < -0.3 is 4.74 Å². The SMILES string of the molecule is CCCCCCCOCC=CC=O. The summed E-state index contributed by atoms with van der Waals surface area (Å²) < 4.78 is 5.27. The van der Waals surface area contributed by atoms with Crippen LogP contribution >= 0.6 is 0 Å². The molecule has 0 unspecified atom stereocenters. The fourth-order valence-electron chi connectivity index (χ4n) is 1.07. The van der Waals surface area contributed by atoms with Crippen LogP contribution in [0.3, 0.4) is 0 Å². The second kappa shape index (κ2) is 11.4. The standard InChI is InChI=1S/C11H20O2/c1-2-3-4-5-7-10-13-11-8-6-9-12/h6,8-9H,2-5,7,10-11H2,1H3. The van der Waals surface area contributed by atoms with Crippen molar-refractivity contribution in [1.82, 2.24) is 0 Å². The molecule has 0 heterocycles. The number of ether oxygens (including phenoxy) is 1. The van der Waals surface area contributed by atoms with Crippen molar-refractivity contribution in [3.8, 4) is 0 Å². The van der Waals surface area contributed by atoms with Crippen LogP contribution in [0.2, 0.25) is 0 Å². The van der Waals surface area contributed by atoms with Gasteiger partial charge >= 0.3 is 0 Å². The maximum absolute atomic E-state index is 9.87. The molecule has 0 atom stereocenters. The lowest BCUT2D eigenvalue weighted by Crippen LogP contribution is -1.94. The largest absolute Gasteiger partial charge is 0.377 e. The molecule has 76 valence electrons. The number of carbonyl (C=O) groups excluding carboxylic acids is 1. The van der Waals surface area contributed by atoms with E-state index in [9.17, 15) is 4.79 Å². The summed E-state index contributed by atoms with van der Waals surface area (Å²) in [6.07, 6.45) is 10.3. The fourth-order valence-corrected chi connectivity index (χ4v) is 1.07. The van der Waals surface area contributed by atoms with Crippen LogP contribution in [0.15, 0.2) is 12.2 Å². The highest BCUT2D eigenvalue weighted by Gasteiger charge is 1.88. The molecule has 0 aromatic heterocycles. The maximum Gasteiger partial charge on any atom is 0.142 e. The molecule has 0 fully saturated rings. The van der Waals surface area contributed by atoms with Crippen LogP contribution in [0.25, 0.3) is 0 Å². The van der Waals surface area contributed by atoms with Gasteiger partial charge in [-0.3, -0.25) is 4.79 Å². The lowest BCUT2D eigenvalue weighted by atomic mass is 10.2. The monoisotopic (exact) mass is 184 g/mol. The minimum atomic E-state index is 0.562. The van der Waals surface area contributed by atoms with Gasteiger partial charge in [-0.25, -0.2) is 0 Å². The first kappa shape index (κ1) is 12.4. The molecule has 0 aliphatic rings. The first-order valence-corrected chi connectivity index (χ1v) is 5.10. The molecule has 0 rings (SSSR count). The van der Waals surface area contributed by atoms with Crippen LogP contribution in [0.4, 0.5) is 0 Å². The fraction of sp³-hybridized carbons (Fsp3) is 0.727. The number of rotatable bonds is 9. The maximum atomic E-state index is 9.87. The van der Waals surface area contributed by atoms with E-state index in [1.54, 1.807) is 6.08 Å². The summed E-state index contributed by atoms with van der Waals surface area (Å²) in [5, 5.41) is 0. The zero-order valence-electron chi connectivity index (χ0n) is 8.50. The lowest BCUT2D eigenvalue weighted by molar-refractivity contribution is -0.104. The van der Waals surface area contributed by atoms with Crippen molar-refractivity contribution >= 4 is 6.29 Å². The van der Waals surface area contributed by atoms with Crippen molar-refractivity contribution in [2.24, 2.45) is 0 Å². The predicted octanol–water partition coefficient (Wildman–Crippen LogP) is 2.73. The van der Waals surface area contributed by atoms with Crippen molar-refractivity contribution in [3.05, 3.63) is 12.2 Å². The van der Waals surface area contributed by atoms with E-state index < -0.39 is 0 Å². The van der Waals surface area contributed by atoms with Crippen LogP contribution in [-0.4, -0.2) is 19.5 Å². The molecule has 0 saturated heterocycles. The Labute approximate surface area is 81.0 Å². The van der Waals surface area contributed by atoms with Crippen LogP contribution < -0.4 is 0 Å². The summed E-state index contributed by atoms with van der Waals surface area (Å²) in [6, 6.07) is 0. The zero-order valence-corrected chi connectivity index (χ0v) is 8.50. The van der Waals surface area contributed by atoms with Gasteiger partial charge in [0.25, 0.3) is 0 Å². The molecule has 13 heavy (non-hydrogen) atoms. The Bertz CT molecular complexity index is 130. The summed E-state index contributed by atoms with van der Waals surface area (Å²) in [4.78, 5) is 9.87. The molecule has 0 aliphatic heterocycles. The number of carbonyl (C=O) groups is 1. The molecule has 0 amide bonds. The van der Waals surface area contributed by atoms with E-state index in [4.69, 9.17) is 4.74 Å². The molecule has 0 saturated carbocycles. The van der Waals surface area contributed by atoms with E-state index in [1.807, 2.05) is 0 Å². The Morgan fingerprint density at radius 2 is 1.92 bits per heavy atom. The molecule has 0 spiro atoms. The second-order valence-corrected chi connectivity index (χ2v) is 3.05. The number of hydrogen-bond donors (Lipinski definition) is 0. The van der Waals surface area contributed by atoms with Crippen LogP contribution in [0, 0.1) is 0 Å². The Balaban J connectivity index is 2.91. The Hall–Kier alpha value is -0.630. The molecular weight excluding hydrogens is 164 g/mol. The van der Waals surface area contributed by atoms with Crippen LogP contribution in [-0.2, 0) is 9.53 Å². The average Bonchev–Trinajstić information content (AvgIpc) is 2.16. The second-order valence-electron chi connectivity index (χ2n) is 3.05. The topological polar surface area (TPSA) is 26.3 Å². The van der Waals surface area contributed by atoms with E-state index in [0.717, 1.165) is 19.3 Å². The van der Waals surface area contributed by atoms with E-state index in [0.29, 0.717) is 6.61 Å². The summed E-state index contributed by atoms with van der Waals surface area (Å²) >= 11 is 0. The normalized spacial score (nSPS) is 10.8. The van der Waals surface area contributed by atoms with Gasteiger partial charge in [-0.15, -0.1) is 0 Å². The minimum Gasteiger partial charge on any atom is -0.377 e. The first-order chi connectivity index (χ1) is 6.41. The van der Waals surface area contributed by atoms with Gasteiger partial charge in [0.15, 0.2) is 0 Å². The van der Waals surface area contributed by atoms with Crippen molar-refractivity contribution < 1.29 is 9.53 Å². The van der Waals surface area contributed by atoms with Gasteiger partial charge in [0, 0.05) is 6.61 Å². The summed E-state index contributed by atoms with van der Waals surface area (Å²) in [5.74, 6) is 0. The molecule has 0 radical (unpaired) electrons. The lowest BCUT2D eigenvalue weighted by Gasteiger charge is -2.00. The highest BCUT2D eigenvalue weighted by molar-refractivity contribution is 5.64. The molecule has 2 heteroatoms. The minimum absolute atomic E-state index is 0.562. The molecule has 2 nitrogen and oxygen atoms in total. The van der Waals surface area contributed by atoms with Crippen molar-refractivity contribution in [2.45, 2.75) is 39.0 Å². The van der Waals surface area contributed by atoms with E-state index in [1.165, 1.54) is 31.8 Å². The van der Waals surface area contributed by atoms with Crippen molar-refractivity contribution in [3.63, 3.8) is 0 Å². The summed E-state index contributed by atoms with van der Waals surface area (Å²) in [6.45, 7) is 3.58. The van der Waals surface area contributed by atoms with Crippen LogP contribution in [0.5, 0.6) is 0 Å². The van der Waals surface area contributed by atoms with Gasteiger partial charge in [0.2, 0.25) is 0 Å². The molecule has 0 N–H and O–H groups in total. The average molecular weight is 184 g/mol. The van der Waals surface area contributed by atoms with Crippen molar-refractivity contribution in [1.29, 1.82) is 0 Å². The van der Waals surface area contributed by atoms with Gasteiger partial charge in [0.1, 0.15) is 6.29 Å². The number of aldehydes is 1. The van der Waals surface area contributed by atoms with Gasteiger partial charge in [0.05, 0.1) is 6.61 Å². The molecular formula is C11H20O2. The highest BCUT2D eigenvalue weighted by Crippen LogP contribution is 2.01. The van der Waals surface area contributed by atoms with E-state index in [-0.39, 0.29) is 0 Å². The molecule has 0 aromatic carbocycles. The third kappa shape index (κ3) is 11.4. The molecule has 0 bridgehead atoms. The number of hydrogen-bond acceptors (Lipinski definition) is 2. The van der Waals surface area contributed by atoms with E-state index in [2.05, 4.69) is 6.92 Å². The summed E-state index contributed by atoms with van der Waals surface area (Å²) in [5.41, 5.74) is 0.